The molecule has 0 amide bonds. The summed E-state index contributed by atoms with van der Waals surface area (Å²) in [5.74, 6) is 0. The molecule has 0 aliphatic rings. The Morgan fingerprint density at radius 1 is 1.67 bits per heavy atom. The van der Waals surface area contributed by atoms with E-state index in [1.165, 1.54) is 11.3 Å². The summed E-state index contributed by atoms with van der Waals surface area (Å²) in [4.78, 5) is 10.8. The molecule has 0 aliphatic carbocycles. The van der Waals surface area contributed by atoms with Gasteiger partial charge in [0.25, 0.3) is 0 Å². The Labute approximate surface area is 82.4 Å². The summed E-state index contributed by atoms with van der Waals surface area (Å²) in [6, 6.07) is 3.50. The molecule has 0 aliphatic heterocycles. The predicted octanol–water partition coefficient (Wildman–Crippen LogP) is 3.05. The van der Waals surface area contributed by atoms with Crippen LogP contribution in [0.2, 0.25) is 0 Å². The number of rotatable bonds is 2. The third-order valence-corrected chi connectivity index (χ3v) is 2.50. The van der Waals surface area contributed by atoms with Crippen molar-refractivity contribution in [3.63, 3.8) is 0 Å². The first kappa shape index (κ1) is 9.54. The molecule has 3 nitrogen and oxygen atoms in total. The van der Waals surface area contributed by atoms with Crippen molar-refractivity contribution in [2.75, 3.05) is 6.61 Å². The largest absolute Gasteiger partial charge is 0.514 e. The van der Waals surface area contributed by atoms with Gasteiger partial charge < -0.3 is 9.47 Å². The van der Waals surface area contributed by atoms with Crippen molar-refractivity contribution in [1.82, 2.24) is 0 Å². The number of carbonyl (C=O) groups excluding carboxylic acids is 1. The molecule has 0 saturated carbocycles. The van der Waals surface area contributed by atoms with Crippen molar-refractivity contribution in [3.8, 4) is 5.06 Å². The van der Waals surface area contributed by atoms with Crippen LogP contribution in [-0.2, 0) is 4.74 Å². The van der Waals surface area contributed by atoms with Crippen LogP contribution in [0.1, 0.15) is 6.92 Å². The lowest BCUT2D eigenvalue weighted by molar-refractivity contribution is 0.105. The van der Waals surface area contributed by atoms with Crippen molar-refractivity contribution in [1.29, 1.82) is 0 Å². The second-order valence-electron chi connectivity index (χ2n) is 1.84. The Kier molecular flexibility index (Phi) is 3.55. The Morgan fingerprint density at radius 2 is 2.42 bits per heavy atom. The van der Waals surface area contributed by atoms with Gasteiger partial charge in [0.2, 0.25) is 0 Å². The lowest BCUT2D eigenvalue weighted by Gasteiger charge is -1.99. The van der Waals surface area contributed by atoms with Crippen LogP contribution >= 0.6 is 27.3 Å². The number of hydrogen-bond donors (Lipinski definition) is 0. The highest BCUT2D eigenvalue weighted by Gasteiger charge is 2.06. The summed E-state index contributed by atoms with van der Waals surface area (Å²) < 4.78 is 10.3. The van der Waals surface area contributed by atoms with Gasteiger partial charge in [-0.05, 0) is 35.0 Å². The molecule has 1 aromatic rings. The van der Waals surface area contributed by atoms with Gasteiger partial charge in [0, 0.05) is 0 Å². The Balaban J connectivity index is 2.46. The first-order valence-corrected chi connectivity index (χ1v) is 4.93. The standard InChI is InChI=1S/C7H7BrO3S/c1-2-10-7(9)11-6-4-3-5(8)12-6/h3-4H,2H2,1H3. The van der Waals surface area contributed by atoms with Crippen LogP contribution in [0.4, 0.5) is 4.79 Å². The van der Waals surface area contributed by atoms with Gasteiger partial charge in [-0.1, -0.05) is 11.3 Å². The van der Waals surface area contributed by atoms with E-state index >= 15 is 0 Å². The SMILES string of the molecule is CCOC(=O)Oc1ccc(Br)s1. The topological polar surface area (TPSA) is 35.5 Å². The Bertz CT molecular complexity index is 271. The molecule has 0 radical (unpaired) electrons. The lowest BCUT2D eigenvalue weighted by Crippen LogP contribution is -2.08. The summed E-state index contributed by atoms with van der Waals surface area (Å²) >= 11 is 4.58. The highest BCUT2D eigenvalue weighted by molar-refractivity contribution is 9.11. The van der Waals surface area contributed by atoms with E-state index in [0.29, 0.717) is 11.7 Å². The minimum atomic E-state index is -0.660. The van der Waals surface area contributed by atoms with Gasteiger partial charge in [0.1, 0.15) is 0 Å². The number of ether oxygens (including phenoxy) is 2. The summed E-state index contributed by atoms with van der Waals surface area (Å²) in [5.41, 5.74) is 0. The molecule has 66 valence electrons. The molecule has 1 heterocycles. The molecule has 0 unspecified atom stereocenters. The van der Waals surface area contributed by atoms with Gasteiger partial charge in [-0.3, -0.25) is 0 Å². The highest BCUT2D eigenvalue weighted by Crippen LogP contribution is 2.28. The van der Waals surface area contributed by atoms with Crippen molar-refractivity contribution in [3.05, 3.63) is 15.9 Å². The maximum absolute atomic E-state index is 10.8. The summed E-state index contributed by atoms with van der Waals surface area (Å²) in [5, 5.41) is 0.528. The van der Waals surface area contributed by atoms with Crippen LogP contribution < -0.4 is 4.74 Å². The Morgan fingerprint density at radius 3 is 2.92 bits per heavy atom. The zero-order valence-corrected chi connectivity index (χ0v) is 8.78. The first-order valence-electron chi connectivity index (χ1n) is 3.32. The van der Waals surface area contributed by atoms with Gasteiger partial charge >= 0.3 is 6.16 Å². The minimum Gasteiger partial charge on any atom is -0.434 e. The molecular formula is C7H7BrO3S. The quantitative estimate of drug-likeness (QED) is 0.758. The summed E-state index contributed by atoms with van der Waals surface area (Å²) in [7, 11) is 0. The molecule has 0 N–H and O–H groups in total. The van der Waals surface area contributed by atoms with Crippen LogP contribution in [0.3, 0.4) is 0 Å². The normalized spacial score (nSPS) is 9.50. The van der Waals surface area contributed by atoms with Crippen LogP contribution in [0.25, 0.3) is 0 Å². The fourth-order valence-electron chi connectivity index (χ4n) is 0.582. The fourth-order valence-corrected chi connectivity index (χ4v) is 1.77. The minimum absolute atomic E-state index is 0.325. The molecule has 0 bridgehead atoms. The molecule has 0 spiro atoms. The molecule has 0 atom stereocenters. The van der Waals surface area contributed by atoms with E-state index in [2.05, 4.69) is 20.7 Å². The van der Waals surface area contributed by atoms with Crippen LogP contribution in [0, 0.1) is 0 Å². The fraction of sp³-hybridized carbons (Fsp3) is 0.286. The number of thiophene rings is 1. The van der Waals surface area contributed by atoms with Crippen molar-refractivity contribution >= 4 is 33.4 Å². The third kappa shape index (κ3) is 2.83. The first-order chi connectivity index (χ1) is 5.72. The molecule has 1 aromatic heterocycles. The van der Waals surface area contributed by atoms with Crippen LogP contribution in [0.15, 0.2) is 15.9 Å². The third-order valence-electron chi connectivity index (χ3n) is 0.995. The molecule has 12 heavy (non-hydrogen) atoms. The van der Waals surface area contributed by atoms with Gasteiger partial charge in [-0.25, -0.2) is 4.79 Å². The summed E-state index contributed by atoms with van der Waals surface area (Å²) in [6.07, 6.45) is -0.660. The molecular weight excluding hydrogens is 244 g/mol. The molecule has 0 aromatic carbocycles. The van der Waals surface area contributed by atoms with E-state index in [1.807, 2.05) is 0 Å². The monoisotopic (exact) mass is 250 g/mol. The van der Waals surface area contributed by atoms with Gasteiger partial charge in [-0.2, -0.15) is 0 Å². The van der Waals surface area contributed by atoms with E-state index in [0.717, 1.165) is 3.79 Å². The average Bonchev–Trinajstić information content (AvgIpc) is 2.36. The zero-order chi connectivity index (χ0) is 8.97. The van der Waals surface area contributed by atoms with E-state index in [-0.39, 0.29) is 0 Å². The highest BCUT2D eigenvalue weighted by atomic mass is 79.9. The van der Waals surface area contributed by atoms with Gasteiger partial charge in [0.15, 0.2) is 5.06 Å². The van der Waals surface area contributed by atoms with Crippen LogP contribution in [0.5, 0.6) is 5.06 Å². The molecule has 1 rings (SSSR count). The number of carbonyl (C=O) groups is 1. The maximum Gasteiger partial charge on any atom is 0.514 e. The van der Waals surface area contributed by atoms with E-state index in [1.54, 1.807) is 19.1 Å². The molecule has 0 saturated heterocycles. The predicted molar refractivity (Wildman–Crippen MR) is 49.7 cm³/mol. The van der Waals surface area contributed by atoms with Crippen molar-refractivity contribution in [2.24, 2.45) is 0 Å². The van der Waals surface area contributed by atoms with E-state index < -0.39 is 6.16 Å². The summed E-state index contributed by atoms with van der Waals surface area (Å²) in [6.45, 7) is 2.05. The maximum atomic E-state index is 10.8. The van der Waals surface area contributed by atoms with E-state index in [4.69, 9.17) is 4.74 Å². The molecule has 5 heteroatoms. The second-order valence-corrected chi connectivity index (χ2v) is 4.27. The second kappa shape index (κ2) is 4.47. The Hall–Kier alpha value is -0.550. The smallest absolute Gasteiger partial charge is 0.434 e. The number of halogens is 1. The van der Waals surface area contributed by atoms with Gasteiger partial charge in [-0.15, -0.1) is 0 Å². The average molecular weight is 251 g/mol. The van der Waals surface area contributed by atoms with Crippen molar-refractivity contribution < 1.29 is 14.3 Å². The lowest BCUT2D eigenvalue weighted by atomic mass is 10.7. The molecule has 0 fully saturated rings. The van der Waals surface area contributed by atoms with Gasteiger partial charge in [0.05, 0.1) is 10.4 Å². The van der Waals surface area contributed by atoms with E-state index in [9.17, 15) is 4.79 Å². The van der Waals surface area contributed by atoms with Crippen LogP contribution in [-0.4, -0.2) is 12.8 Å². The zero-order valence-electron chi connectivity index (χ0n) is 6.37. The number of hydrogen-bond acceptors (Lipinski definition) is 4. The van der Waals surface area contributed by atoms with Crippen molar-refractivity contribution in [2.45, 2.75) is 6.92 Å².